The van der Waals surface area contributed by atoms with Crippen molar-refractivity contribution in [3.63, 3.8) is 0 Å². The van der Waals surface area contributed by atoms with Crippen molar-refractivity contribution in [3.05, 3.63) is 88.7 Å². The van der Waals surface area contributed by atoms with Gasteiger partial charge in [-0.3, -0.25) is 14.4 Å². The zero-order chi connectivity index (χ0) is 29.1. The summed E-state index contributed by atoms with van der Waals surface area (Å²) in [5.41, 5.74) is 6.66. The van der Waals surface area contributed by atoms with Gasteiger partial charge in [-0.1, -0.05) is 73.0 Å². The van der Waals surface area contributed by atoms with Gasteiger partial charge in [-0.2, -0.15) is 5.10 Å². The van der Waals surface area contributed by atoms with Crippen molar-refractivity contribution in [2.45, 2.75) is 83.2 Å². The van der Waals surface area contributed by atoms with Crippen LogP contribution in [0.3, 0.4) is 0 Å². The van der Waals surface area contributed by atoms with E-state index in [1.165, 1.54) is 40.9 Å². The highest BCUT2D eigenvalue weighted by molar-refractivity contribution is 5.73. The van der Waals surface area contributed by atoms with Crippen LogP contribution in [0.25, 0.3) is 0 Å². The van der Waals surface area contributed by atoms with Crippen LogP contribution in [0.2, 0.25) is 0 Å². The number of carboxylic acids is 1. The van der Waals surface area contributed by atoms with Crippen LogP contribution in [0.4, 0.5) is 0 Å². The van der Waals surface area contributed by atoms with E-state index in [1.54, 1.807) is 0 Å². The van der Waals surface area contributed by atoms with Gasteiger partial charge in [0, 0.05) is 43.7 Å². The molecular weight excluding hydrogens is 520 g/mol. The molecule has 2 saturated heterocycles. The number of aliphatic carboxylic acids is 1. The SMILES string of the molecule is CCn1nc(CCc2ccccc2)cc1C1CCN(CC2CN(C(CC3CC3)C(=O)O)CC2c2cccc(C)c2)CC1. The number of aryl methyl sites for hydroxylation is 4. The van der Waals surface area contributed by atoms with Crippen LogP contribution in [0, 0.1) is 18.8 Å². The molecule has 3 aliphatic rings. The second-order valence-electron chi connectivity index (χ2n) is 13.2. The molecule has 3 aromatic rings. The fourth-order valence-corrected chi connectivity index (χ4v) is 7.55. The lowest BCUT2D eigenvalue weighted by molar-refractivity contribution is -0.143. The van der Waals surface area contributed by atoms with E-state index in [4.69, 9.17) is 5.10 Å². The minimum absolute atomic E-state index is 0.342. The number of piperidine rings is 1. The van der Waals surface area contributed by atoms with Gasteiger partial charge in [-0.05, 0) is 88.1 Å². The predicted octanol–water partition coefficient (Wildman–Crippen LogP) is 6.14. The number of nitrogens with zero attached hydrogens (tertiary/aromatic N) is 4. The lowest BCUT2D eigenvalue weighted by Gasteiger charge is -2.35. The molecule has 0 spiro atoms. The molecule has 2 aliphatic heterocycles. The molecule has 0 amide bonds. The summed E-state index contributed by atoms with van der Waals surface area (Å²) in [6, 6.07) is 21.7. The van der Waals surface area contributed by atoms with Gasteiger partial charge in [0.15, 0.2) is 0 Å². The average molecular weight is 569 g/mol. The van der Waals surface area contributed by atoms with Crippen LogP contribution >= 0.6 is 0 Å². The summed E-state index contributed by atoms with van der Waals surface area (Å²) >= 11 is 0. The first kappa shape index (κ1) is 29.1. The van der Waals surface area contributed by atoms with E-state index in [2.05, 4.69) is 89.0 Å². The first-order valence-electron chi connectivity index (χ1n) is 16.3. The summed E-state index contributed by atoms with van der Waals surface area (Å²) in [6.07, 6.45) is 7.55. The van der Waals surface area contributed by atoms with Crippen LogP contribution < -0.4 is 0 Å². The Morgan fingerprint density at radius 1 is 0.976 bits per heavy atom. The van der Waals surface area contributed by atoms with Crippen molar-refractivity contribution in [1.82, 2.24) is 19.6 Å². The standard InChI is InChI=1S/C36H48N4O2/c1-3-40-34(22-32(37-40)15-14-27-9-5-4-6-10-27)29-16-18-38(19-17-29)23-31-24-39(35(36(41)42)21-28-12-13-28)25-33(31)30-11-7-8-26(2)20-30/h4-11,20,22,28-29,31,33,35H,3,12-19,21,23-25H2,1-2H3,(H,41,42). The largest absolute Gasteiger partial charge is 0.480 e. The Hall–Kier alpha value is -2.96. The summed E-state index contributed by atoms with van der Waals surface area (Å²) < 4.78 is 2.25. The monoisotopic (exact) mass is 568 g/mol. The van der Waals surface area contributed by atoms with Crippen molar-refractivity contribution in [2.24, 2.45) is 11.8 Å². The van der Waals surface area contributed by atoms with Gasteiger partial charge in [0.1, 0.15) is 6.04 Å². The Bertz CT molecular complexity index is 1330. The Balaban J connectivity index is 1.10. The molecule has 1 aromatic heterocycles. The molecule has 1 aliphatic carbocycles. The summed E-state index contributed by atoms with van der Waals surface area (Å²) in [4.78, 5) is 17.3. The van der Waals surface area contributed by atoms with Crippen molar-refractivity contribution >= 4 is 5.97 Å². The number of likely N-dealkylation sites (tertiary alicyclic amines) is 2. The third-order valence-electron chi connectivity index (χ3n) is 10.1. The molecule has 1 N–H and O–H groups in total. The third-order valence-corrected chi connectivity index (χ3v) is 10.1. The minimum Gasteiger partial charge on any atom is -0.480 e. The van der Waals surface area contributed by atoms with Crippen LogP contribution in [0.5, 0.6) is 0 Å². The van der Waals surface area contributed by atoms with Crippen LogP contribution in [0.1, 0.15) is 78.9 Å². The van der Waals surface area contributed by atoms with Crippen molar-refractivity contribution < 1.29 is 9.90 Å². The molecule has 2 aromatic carbocycles. The maximum atomic E-state index is 12.3. The Kier molecular flexibility index (Phi) is 9.11. The molecule has 1 saturated carbocycles. The molecule has 3 fully saturated rings. The highest BCUT2D eigenvalue weighted by Gasteiger charge is 2.42. The van der Waals surface area contributed by atoms with Gasteiger partial charge in [0.05, 0.1) is 5.69 Å². The second-order valence-corrected chi connectivity index (χ2v) is 13.2. The second kappa shape index (κ2) is 13.1. The van der Waals surface area contributed by atoms with E-state index >= 15 is 0 Å². The van der Waals surface area contributed by atoms with E-state index in [-0.39, 0.29) is 6.04 Å². The Morgan fingerprint density at radius 2 is 1.76 bits per heavy atom. The molecule has 42 heavy (non-hydrogen) atoms. The van der Waals surface area contributed by atoms with E-state index in [1.807, 2.05) is 0 Å². The summed E-state index contributed by atoms with van der Waals surface area (Å²) in [5, 5.41) is 15.1. The van der Waals surface area contributed by atoms with Gasteiger partial charge in [0.25, 0.3) is 0 Å². The first-order chi connectivity index (χ1) is 20.5. The molecule has 3 heterocycles. The van der Waals surface area contributed by atoms with Gasteiger partial charge in [0.2, 0.25) is 0 Å². The highest BCUT2D eigenvalue weighted by atomic mass is 16.4. The number of benzene rings is 2. The predicted molar refractivity (Wildman–Crippen MR) is 168 cm³/mol. The Morgan fingerprint density at radius 3 is 2.45 bits per heavy atom. The summed E-state index contributed by atoms with van der Waals surface area (Å²) in [7, 11) is 0. The molecule has 6 nitrogen and oxygen atoms in total. The van der Waals surface area contributed by atoms with Crippen LogP contribution in [0.15, 0.2) is 60.7 Å². The maximum Gasteiger partial charge on any atom is 0.320 e. The maximum absolute atomic E-state index is 12.3. The highest BCUT2D eigenvalue weighted by Crippen LogP contribution is 2.40. The fraction of sp³-hybridized carbons (Fsp3) is 0.556. The number of hydrogen-bond acceptors (Lipinski definition) is 4. The number of hydrogen-bond donors (Lipinski definition) is 1. The summed E-state index contributed by atoms with van der Waals surface area (Å²) in [6.45, 7) is 10.3. The quantitative estimate of drug-likeness (QED) is 0.284. The van der Waals surface area contributed by atoms with E-state index in [9.17, 15) is 9.90 Å². The topological polar surface area (TPSA) is 61.6 Å². The van der Waals surface area contributed by atoms with E-state index in [0.717, 1.165) is 71.4 Å². The zero-order valence-corrected chi connectivity index (χ0v) is 25.5. The fourth-order valence-electron chi connectivity index (χ4n) is 7.55. The van der Waals surface area contributed by atoms with E-state index in [0.29, 0.717) is 23.7 Å². The number of rotatable bonds is 12. The van der Waals surface area contributed by atoms with Crippen molar-refractivity contribution in [3.8, 4) is 0 Å². The minimum atomic E-state index is -0.637. The lowest BCUT2D eigenvalue weighted by atomic mass is 9.86. The summed E-state index contributed by atoms with van der Waals surface area (Å²) in [5.74, 6) is 1.37. The number of carboxylic acid groups (broad SMARTS) is 1. The van der Waals surface area contributed by atoms with Crippen molar-refractivity contribution in [1.29, 1.82) is 0 Å². The first-order valence-corrected chi connectivity index (χ1v) is 16.3. The molecule has 6 heteroatoms. The van der Waals surface area contributed by atoms with Gasteiger partial charge in [-0.15, -0.1) is 0 Å². The van der Waals surface area contributed by atoms with Gasteiger partial charge >= 0.3 is 5.97 Å². The molecule has 0 radical (unpaired) electrons. The van der Waals surface area contributed by atoms with Gasteiger partial charge in [-0.25, -0.2) is 0 Å². The Labute approximate surface area is 251 Å². The number of carbonyl (C=O) groups is 1. The third kappa shape index (κ3) is 6.98. The molecular formula is C36H48N4O2. The van der Waals surface area contributed by atoms with Gasteiger partial charge < -0.3 is 10.0 Å². The molecule has 6 rings (SSSR count). The molecule has 3 atom stereocenters. The van der Waals surface area contributed by atoms with E-state index < -0.39 is 5.97 Å². The average Bonchev–Trinajstić information content (AvgIpc) is 3.59. The molecule has 3 unspecified atom stereocenters. The van der Waals surface area contributed by atoms with Crippen LogP contribution in [-0.2, 0) is 24.2 Å². The van der Waals surface area contributed by atoms with Crippen molar-refractivity contribution in [2.75, 3.05) is 32.7 Å². The van der Waals surface area contributed by atoms with Crippen LogP contribution in [-0.4, -0.2) is 69.4 Å². The zero-order valence-electron chi connectivity index (χ0n) is 25.5. The normalized spacial score (nSPS) is 22.9. The smallest absolute Gasteiger partial charge is 0.320 e. The number of aromatic nitrogens is 2. The lowest BCUT2D eigenvalue weighted by Crippen LogP contribution is -2.41. The molecule has 0 bridgehead atoms. The molecule has 224 valence electrons.